The number of pyridine rings is 1. The highest BCUT2D eigenvalue weighted by Crippen LogP contribution is 2.21. The number of hydrogen-bond acceptors (Lipinski definition) is 3. The van der Waals surface area contributed by atoms with Gasteiger partial charge in [-0.1, -0.05) is 18.2 Å². The number of nitrogens with one attached hydrogen (secondary N) is 2. The Morgan fingerprint density at radius 2 is 1.75 bits per heavy atom. The molecule has 24 heavy (non-hydrogen) atoms. The summed E-state index contributed by atoms with van der Waals surface area (Å²) in [7, 11) is 0. The second-order valence-corrected chi connectivity index (χ2v) is 5.99. The van der Waals surface area contributed by atoms with Crippen molar-refractivity contribution < 1.29 is 9.59 Å². The Hall–Kier alpha value is -2.69. The summed E-state index contributed by atoms with van der Waals surface area (Å²) in [6, 6.07) is 9.33. The Morgan fingerprint density at radius 1 is 1.04 bits per heavy atom. The topological polar surface area (TPSA) is 71.1 Å². The standard InChI is InChI=1S/C19H23N3O2/c1-12-9-14(3)17(10-13(12)2)15(4)22-19(24)18(23)21-11-16-7-5-6-8-20-16/h5-10,15H,11H2,1-4H3,(H,21,23)(H,22,24)/t15-/m1/s1. The van der Waals surface area contributed by atoms with Crippen LogP contribution in [0.15, 0.2) is 36.5 Å². The van der Waals surface area contributed by atoms with Gasteiger partial charge in [-0.15, -0.1) is 0 Å². The number of aromatic nitrogens is 1. The SMILES string of the molecule is Cc1cc(C)c([C@@H](C)NC(=O)C(=O)NCc2ccccn2)cc1C. The van der Waals surface area contributed by atoms with Gasteiger partial charge in [-0.3, -0.25) is 14.6 Å². The van der Waals surface area contributed by atoms with Gasteiger partial charge in [0.2, 0.25) is 0 Å². The van der Waals surface area contributed by atoms with Crippen molar-refractivity contribution in [3.8, 4) is 0 Å². The van der Waals surface area contributed by atoms with Crippen LogP contribution < -0.4 is 10.6 Å². The van der Waals surface area contributed by atoms with Crippen LogP contribution in [-0.4, -0.2) is 16.8 Å². The van der Waals surface area contributed by atoms with Crippen molar-refractivity contribution in [1.82, 2.24) is 15.6 Å². The zero-order valence-electron chi connectivity index (χ0n) is 14.5. The number of amides is 2. The second kappa shape index (κ2) is 7.73. The molecule has 2 amide bonds. The van der Waals surface area contributed by atoms with Gasteiger partial charge >= 0.3 is 11.8 Å². The van der Waals surface area contributed by atoms with E-state index in [4.69, 9.17) is 0 Å². The molecule has 0 aliphatic carbocycles. The van der Waals surface area contributed by atoms with Crippen molar-refractivity contribution in [2.75, 3.05) is 0 Å². The molecule has 126 valence electrons. The van der Waals surface area contributed by atoms with Gasteiger partial charge in [-0.25, -0.2) is 0 Å². The molecule has 0 aliphatic rings. The third kappa shape index (κ3) is 4.41. The van der Waals surface area contributed by atoms with E-state index in [2.05, 4.69) is 34.7 Å². The largest absolute Gasteiger partial charge is 0.342 e. The average Bonchev–Trinajstić information content (AvgIpc) is 2.56. The van der Waals surface area contributed by atoms with Crippen LogP contribution in [0.25, 0.3) is 0 Å². The molecule has 0 bridgehead atoms. The monoisotopic (exact) mass is 325 g/mol. The van der Waals surface area contributed by atoms with E-state index < -0.39 is 11.8 Å². The van der Waals surface area contributed by atoms with E-state index in [9.17, 15) is 9.59 Å². The van der Waals surface area contributed by atoms with Crippen LogP contribution in [0.4, 0.5) is 0 Å². The Bertz CT molecular complexity index is 742. The van der Waals surface area contributed by atoms with Crippen molar-refractivity contribution in [1.29, 1.82) is 0 Å². The van der Waals surface area contributed by atoms with Crippen LogP contribution in [-0.2, 0) is 16.1 Å². The summed E-state index contributed by atoms with van der Waals surface area (Å²) >= 11 is 0. The summed E-state index contributed by atoms with van der Waals surface area (Å²) in [6.45, 7) is 8.20. The van der Waals surface area contributed by atoms with Crippen LogP contribution in [0.5, 0.6) is 0 Å². The molecular formula is C19H23N3O2. The van der Waals surface area contributed by atoms with Crippen LogP contribution in [0.1, 0.15) is 40.9 Å². The van der Waals surface area contributed by atoms with Crippen molar-refractivity contribution in [3.05, 3.63) is 64.5 Å². The summed E-state index contributed by atoms with van der Waals surface area (Å²) < 4.78 is 0. The molecule has 5 heteroatoms. The minimum Gasteiger partial charge on any atom is -0.342 e. The molecule has 2 N–H and O–H groups in total. The van der Waals surface area contributed by atoms with Gasteiger partial charge in [-0.05, 0) is 62.1 Å². The van der Waals surface area contributed by atoms with Crippen LogP contribution in [0.3, 0.4) is 0 Å². The van der Waals surface area contributed by atoms with Crippen molar-refractivity contribution >= 4 is 11.8 Å². The Morgan fingerprint density at radius 3 is 2.42 bits per heavy atom. The quantitative estimate of drug-likeness (QED) is 0.849. The zero-order chi connectivity index (χ0) is 17.7. The predicted molar refractivity (Wildman–Crippen MR) is 93.3 cm³/mol. The van der Waals surface area contributed by atoms with E-state index in [0.29, 0.717) is 5.69 Å². The number of rotatable bonds is 4. The van der Waals surface area contributed by atoms with Gasteiger partial charge in [0.1, 0.15) is 0 Å². The van der Waals surface area contributed by atoms with Gasteiger partial charge in [-0.2, -0.15) is 0 Å². The number of nitrogens with zero attached hydrogens (tertiary/aromatic N) is 1. The van der Waals surface area contributed by atoms with Crippen molar-refractivity contribution in [2.24, 2.45) is 0 Å². The first-order chi connectivity index (χ1) is 11.4. The maximum absolute atomic E-state index is 12.1. The molecule has 0 fully saturated rings. The zero-order valence-corrected chi connectivity index (χ0v) is 14.5. The van der Waals surface area contributed by atoms with E-state index in [1.54, 1.807) is 18.3 Å². The molecule has 2 rings (SSSR count). The summed E-state index contributed by atoms with van der Waals surface area (Å²) in [6.07, 6.45) is 1.64. The van der Waals surface area contributed by atoms with E-state index in [1.165, 1.54) is 5.56 Å². The Labute approximate surface area is 142 Å². The first kappa shape index (κ1) is 17.7. The highest BCUT2D eigenvalue weighted by molar-refractivity contribution is 6.35. The molecular weight excluding hydrogens is 302 g/mol. The average molecular weight is 325 g/mol. The highest BCUT2D eigenvalue weighted by Gasteiger charge is 2.18. The van der Waals surface area contributed by atoms with Crippen LogP contribution >= 0.6 is 0 Å². The molecule has 0 unspecified atom stereocenters. The fourth-order valence-corrected chi connectivity index (χ4v) is 2.54. The number of carbonyl (C=O) groups is 2. The molecule has 1 aromatic heterocycles. The molecule has 1 atom stereocenters. The van der Waals surface area contributed by atoms with E-state index >= 15 is 0 Å². The van der Waals surface area contributed by atoms with Gasteiger partial charge < -0.3 is 10.6 Å². The van der Waals surface area contributed by atoms with Gasteiger partial charge in [0.15, 0.2) is 0 Å². The lowest BCUT2D eigenvalue weighted by atomic mass is 9.96. The lowest BCUT2D eigenvalue weighted by Gasteiger charge is -2.18. The number of carbonyl (C=O) groups excluding carboxylic acids is 2. The minimum absolute atomic E-state index is 0.226. The molecule has 2 aromatic rings. The second-order valence-electron chi connectivity index (χ2n) is 5.99. The summed E-state index contributed by atoms with van der Waals surface area (Å²) in [5.41, 5.74) is 5.19. The summed E-state index contributed by atoms with van der Waals surface area (Å²) in [5.74, 6) is -1.30. The van der Waals surface area contributed by atoms with Gasteiger partial charge in [0, 0.05) is 6.20 Å². The number of benzene rings is 1. The molecule has 0 saturated carbocycles. The number of hydrogen-bond donors (Lipinski definition) is 2. The lowest BCUT2D eigenvalue weighted by molar-refractivity contribution is -0.139. The number of aryl methyl sites for hydroxylation is 3. The normalized spacial score (nSPS) is 11.7. The van der Waals surface area contributed by atoms with E-state index in [-0.39, 0.29) is 12.6 Å². The van der Waals surface area contributed by atoms with Crippen LogP contribution in [0.2, 0.25) is 0 Å². The molecule has 1 aromatic carbocycles. The fourth-order valence-electron chi connectivity index (χ4n) is 2.54. The Balaban J connectivity index is 1.96. The van der Waals surface area contributed by atoms with E-state index in [0.717, 1.165) is 16.7 Å². The van der Waals surface area contributed by atoms with Crippen molar-refractivity contribution in [3.63, 3.8) is 0 Å². The molecule has 0 radical (unpaired) electrons. The first-order valence-corrected chi connectivity index (χ1v) is 7.95. The van der Waals surface area contributed by atoms with Crippen molar-refractivity contribution in [2.45, 2.75) is 40.3 Å². The van der Waals surface area contributed by atoms with E-state index in [1.807, 2.05) is 26.8 Å². The first-order valence-electron chi connectivity index (χ1n) is 7.95. The molecule has 0 spiro atoms. The maximum Gasteiger partial charge on any atom is 0.309 e. The third-order valence-electron chi connectivity index (χ3n) is 4.06. The molecule has 0 aliphatic heterocycles. The van der Waals surface area contributed by atoms with Gasteiger partial charge in [0.25, 0.3) is 0 Å². The highest BCUT2D eigenvalue weighted by atomic mass is 16.2. The summed E-state index contributed by atoms with van der Waals surface area (Å²) in [4.78, 5) is 28.1. The summed E-state index contributed by atoms with van der Waals surface area (Å²) in [5, 5.41) is 5.33. The predicted octanol–water partition coefficient (Wildman–Crippen LogP) is 2.50. The molecule has 0 saturated heterocycles. The third-order valence-corrected chi connectivity index (χ3v) is 4.06. The van der Waals surface area contributed by atoms with Crippen LogP contribution in [0, 0.1) is 20.8 Å². The molecule has 1 heterocycles. The maximum atomic E-state index is 12.1. The Kier molecular flexibility index (Phi) is 5.68. The smallest absolute Gasteiger partial charge is 0.309 e. The minimum atomic E-state index is -0.658. The lowest BCUT2D eigenvalue weighted by Crippen LogP contribution is -2.40. The molecule has 5 nitrogen and oxygen atoms in total. The fraction of sp³-hybridized carbons (Fsp3) is 0.316. The van der Waals surface area contributed by atoms with Gasteiger partial charge in [0.05, 0.1) is 18.3 Å².